The van der Waals surface area contributed by atoms with Gasteiger partial charge in [-0.25, -0.2) is 4.39 Å². The average Bonchev–Trinajstić information content (AvgIpc) is 3.65. The Hall–Kier alpha value is -5.07. The minimum atomic E-state index is -4.45. The summed E-state index contributed by atoms with van der Waals surface area (Å²) in [7, 11) is 2.12. The Bertz CT molecular complexity index is 1850. The molecule has 1 amide bonds. The summed E-state index contributed by atoms with van der Waals surface area (Å²) in [6, 6.07) is 30.4. The van der Waals surface area contributed by atoms with Gasteiger partial charge < -0.3 is 14.6 Å². The van der Waals surface area contributed by atoms with Crippen molar-refractivity contribution in [3.05, 3.63) is 137 Å². The van der Waals surface area contributed by atoms with Crippen LogP contribution in [0.4, 0.5) is 17.6 Å². The molecule has 6 rings (SSSR count). The van der Waals surface area contributed by atoms with E-state index in [1.807, 2.05) is 48.5 Å². The molecule has 4 aromatic carbocycles. The molecule has 1 aliphatic rings. The largest absolute Gasteiger partial charge is 0.486 e. The van der Waals surface area contributed by atoms with Crippen LogP contribution >= 0.6 is 0 Å². The molecule has 1 N–H and O–H groups in total. The Labute approximate surface area is 300 Å². The molecule has 272 valence electrons. The normalized spacial score (nSPS) is 15.3. The van der Waals surface area contributed by atoms with E-state index in [9.17, 15) is 22.4 Å². The number of carbonyl (C=O) groups is 1. The lowest BCUT2D eigenvalue weighted by molar-refractivity contribution is -0.137. The van der Waals surface area contributed by atoms with Crippen molar-refractivity contribution in [1.29, 1.82) is 0 Å². The van der Waals surface area contributed by atoms with E-state index in [1.165, 1.54) is 17.7 Å². The Morgan fingerprint density at radius 3 is 2.21 bits per heavy atom. The molecule has 0 radical (unpaired) electrons. The number of carbonyl (C=O) groups excluding carboxylic acids is 1. The summed E-state index contributed by atoms with van der Waals surface area (Å²) in [6.07, 6.45) is -3.00. The van der Waals surface area contributed by atoms with E-state index in [-0.39, 0.29) is 24.1 Å². The lowest BCUT2D eigenvalue weighted by Gasteiger charge is -2.38. The highest BCUT2D eigenvalue weighted by Gasteiger charge is 2.36. The number of halogens is 4. The number of nitrogens with zero attached hydrogens (tertiary/aromatic N) is 4. The van der Waals surface area contributed by atoms with Gasteiger partial charge in [-0.2, -0.15) is 18.2 Å². The molecule has 1 fully saturated rings. The summed E-state index contributed by atoms with van der Waals surface area (Å²) in [5.41, 5.74) is 2.45. The first-order chi connectivity index (χ1) is 25.2. The van der Waals surface area contributed by atoms with Crippen molar-refractivity contribution in [2.45, 2.75) is 56.8 Å². The van der Waals surface area contributed by atoms with Gasteiger partial charge in [0.2, 0.25) is 11.7 Å². The lowest BCUT2D eigenvalue weighted by atomic mass is 10.0. The van der Waals surface area contributed by atoms with Crippen molar-refractivity contribution in [1.82, 2.24) is 25.3 Å². The third-order valence-electron chi connectivity index (χ3n) is 9.39. The number of likely N-dealkylation sites (tertiary alicyclic amines) is 1. The Kier molecular flexibility index (Phi) is 12.0. The number of hydrogen-bond donors (Lipinski definition) is 1. The number of rotatable bonds is 14. The third kappa shape index (κ3) is 9.42. The smallest absolute Gasteiger partial charge is 0.416 e. The van der Waals surface area contributed by atoms with Crippen molar-refractivity contribution in [2.24, 2.45) is 0 Å². The molecule has 0 bridgehead atoms. The summed E-state index contributed by atoms with van der Waals surface area (Å²) in [4.78, 5) is 23.1. The molecule has 1 aliphatic heterocycles. The van der Waals surface area contributed by atoms with Crippen LogP contribution < -0.4 is 10.1 Å². The van der Waals surface area contributed by atoms with E-state index in [1.54, 1.807) is 24.3 Å². The maximum Gasteiger partial charge on any atom is 0.416 e. The average molecular weight is 716 g/mol. The molecule has 1 aromatic heterocycles. The molecule has 12 heteroatoms. The van der Waals surface area contributed by atoms with E-state index in [0.29, 0.717) is 42.5 Å². The number of piperidine rings is 1. The number of hydrogen-bond acceptors (Lipinski definition) is 7. The second-order valence-corrected chi connectivity index (χ2v) is 13.0. The van der Waals surface area contributed by atoms with Crippen LogP contribution in [0.25, 0.3) is 11.4 Å². The van der Waals surface area contributed by atoms with Gasteiger partial charge in [-0.1, -0.05) is 90.1 Å². The number of alkyl halides is 4. The second kappa shape index (κ2) is 17.0. The predicted molar refractivity (Wildman–Crippen MR) is 189 cm³/mol. The zero-order valence-electron chi connectivity index (χ0n) is 28.8. The summed E-state index contributed by atoms with van der Waals surface area (Å²) in [6.45, 7) is 1.68. The number of aromatic nitrogens is 2. The van der Waals surface area contributed by atoms with Crippen molar-refractivity contribution in [2.75, 3.05) is 26.7 Å². The van der Waals surface area contributed by atoms with Crippen LogP contribution in [0.5, 0.6) is 5.75 Å². The molecule has 1 unspecified atom stereocenters. The van der Waals surface area contributed by atoms with Gasteiger partial charge in [0.05, 0.1) is 5.56 Å². The standard InChI is InChI=1S/C40H41F4N5O3/c1-48(27-29-8-4-2-5-9-29)33-21-24-49(25-22-33)36(39-46-37(47-52-39)31-14-12-28(26-41)13-15-31)38(50)45-23-20-35(30-10-6-3-7-11-30)51-34-18-16-32(17-19-34)40(42,43)44/h2-19,33,35-36H,20-27H2,1H3,(H,45,50)/t35-,36?/m1/s1. The maximum absolute atomic E-state index is 14.1. The van der Waals surface area contributed by atoms with Gasteiger partial charge in [-0.15, -0.1) is 0 Å². The van der Waals surface area contributed by atoms with Crippen LogP contribution in [0.2, 0.25) is 0 Å². The van der Waals surface area contributed by atoms with E-state index < -0.39 is 30.6 Å². The van der Waals surface area contributed by atoms with E-state index in [0.717, 1.165) is 37.1 Å². The molecule has 1 saturated heterocycles. The number of ether oxygens (including phenoxy) is 1. The highest BCUT2D eigenvalue weighted by atomic mass is 19.4. The maximum atomic E-state index is 14.1. The molecular weight excluding hydrogens is 674 g/mol. The van der Waals surface area contributed by atoms with Crippen LogP contribution in [-0.4, -0.2) is 58.6 Å². The molecule has 5 aromatic rings. The predicted octanol–water partition coefficient (Wildman–Crippen LogP) is 8.19. The highest BCUT2D eigenvalue weighted by Crippen LogP contribution is 2.32. The third-order valence-corrected chi connectivity index (χ3v) is 9.39. The number of benzene rings is 4. The molecule has 52 heavy (non-hydrogen) atoms. The van der Waals surface area contributed by atoms with Gasteiger partial charge in [-0.05, 0) is 60.8 Å². The zero-order chi connectivity index (χ0) is 36.5. The van der Waals surface area contributed by atoms with Crippen molar-refractivity contribution >= 4 is 5.91 Å². The highest BCUT2D eigenvalue weighted by molar-refractivity contribution is 5.82. The van der Waals surface area contributed by atoms with Crippen LogP contribution in [0, 0.1) is 0 Å². The Balaban J connectivity index is 1.16. The summed E-state index contributed by atoms with van der Waals surface area (Å²) in [5.74, 6) is 0.410. The summed E-state index contributed by atoms with van der Waals surface area (Å²) < 4.78 is 64.4. The van der Waals surface area contributed by atoms with Crippen LogP contribution in [0.1, 0.15) is 59.6 Å². The summed E-state index contributed by atoms with van der Waals surface area (Å²) in [5, 5.41) is 7.20. The molecular formula is C40H41F4N5O3. The minimum Gasteiger partial charge on any atom is -0.486 e. The van der Waals surface area contributed by atoms with Crippen LogP contribution in [0.15, 0.2) is 114 Å². The van der Waals surface area contributed by atoms with Gasteiger partial charge in [0, 0.05) is 44.2 Å². The Morgan fingerprint density at radius 1 is 0.923 bits per heavy atom. The topological polar surface area (TPSA) is 83.7 Å². The second-order valence-electron chi connectivity index (χ2n) is 13.0. The fraction of sp³-hybridized carbons (Fsp3) is 0.325. The quantitative estimate of drug-likeness (QED) is 0.116. The molecule has 0 aliphatic carbocycles. The molecule has 2 heterocycles. The number of nitrogens with one attached hydrogen (secondary N) is 1. The summed E-state index contributed by atoms with van der Waals surface area (Å²) >= 11 is 0. The van der Waals surface area contributed by atoms with Gasteiger partial charge in [-0.3, -0.25) is 14.6 Å². The molecule has 0 spiro atoms. The molecule has 8 nitrogen and oxygen atoms in total. The first-order valence-corrected chi connectivity index (χ1v) is 17.3. The van der Waals surface area contributed by atoms with Gasteiger partial charge in [0.1, 0.15) is 18.5 Å². The molecule has 0 saturated carbocycles. The van der Waals surface area contributed by atoms with E-state index in [4.69, 9.17) is 9.26 Å². The van der Waals surface area contributed by atoms with Crippen LogP contribution in [0.3, 0.4) is 0 Å². The first-order valence-electron chi connectivity index (χ1n) is 17.3. The first kappa shape index (κ1) is 36.7. The van der Waals surface area contributed by atoms with E-state index >= 15 is 0 Å². The van der Waals surface area contributed by atoms with Crippen molar-refractivity contribution < 1.29 is 31.6 Å². The van der Waals surface area contributed by atoms with Crippen LogP contribution in [-0.2, 0) is 24.2 Å². The fourth-order valence-corrected chi connectivity index (χ4v) is 6.50. The van der Waals surface area contributed by atoms with Gasteiger partial charge >= 0.3 is 6.18 Å². The van der Waals surface area contributed by atoms with Gasteiger partial charge in [0.25, 0.3) is 5.89 Å². The lowest BCUT2D eigenvalue weighted by Crippen LogP contribution is -2.48. The monoisotopic (exact) mass is 715 g/mol. The zero-order valence-corrected chi connectivity index (χ0v) is 28.8. The minimum absolute atomic E-state index is 0.152. The number of amides is 1. The SMILES string of the molecule is CN(Cc1ccccc1)C1CCN(C(C(=O)NCC[C@@H](Oc2ccc(C(F)(F)F)cc2)c2ccccc2)c2nc(-c3ccc(CF)cc3)no2)CC1. The fourth-order valence-electron chi connectivity index (χ4n) is 6.50. The van der Waals surface area contributed by atoms with E-state index in [2.05, 4.69) is 44.4 Å². The Morgan fingerprint density at radius 2 is 1.58 bits per heavy atom. The van der Waals surface area contributed by atoms with Gasteiger partial charge in [0.15, 0.2) is 6.04 Å². The van der Waals surface area contributed by atoms with Crippen molar-refractivity contribution in [3.8, 4) is 17.1 Å². The molecule has 2 atom stereocenters. The van der Waals surface area contributed by atoms with Crippen molar-refractivity contribution in [3.63, 3.8) is 0 Å².